The number of nitrogens with one attached hydrogen (secondary N) is 1. The van der Waals surface area contributed by atoms with E-state index in [0.29, 0.717) is 12.1 Å². The Kier molecular flexibility index (Phi) is 6.15. The lowest BCUT2D eigenvalue weighted by Crippen LogP contribution is -2.45. The van der Waals surface area contributed by atoms with Gasteiger partial charge in [0.05, 0.1) is 15.5 Å². The molecule has 1 aliphatic carbocycles. The van der Waals surface area contributed by atoms with Crippen LogP contribution >= 0.6 is 11.6 Å². The van der Waals surface area contributed by atoms with Crippen LogP contribution in [0.3, 0.4) is 0 Å². The molecule has 3 rings (SSSR count). The largest absolute Gasteiger partial charge is 0.418 e. The van der Waals surface area contributed by atoms with E-state index in [1.54, 1.807) is 0 Å². The Labute approximate surface area is 161 Å². The number of nitrogens with zero attached hydrogens (tertiary/aromatic N) is 2. The highest BCUT2D eigenvalue weighted by molar-refractivity contribution is 6.31. The monoisotopic (exact) mass is 405 g/mol. The normalized spacial score (nSPS) is 20.6. The minimum atomic E-state index is -4.73. The van der Waals surface area contributed by atoms with Gasteiger partial charge in [-0.2, -0.15) is 13.2 Å². The second kappa shape index (κ2) is 8.22. The van der Waals surface area contributed by atoms with Gasteiger partial charge in [-0.25, -0.2) is 0 Å². The molecule has 0 amide bonds. The molecule has 0 spiro atoms. The molecule has 0 atom stereocenters. The van der Waals surface area contributed by atoms with Gasteiger partial charge in [-0.3, -0.25) is 10.1 Å². The molecule has 1 heterocycles. The minimum Gasteiger partial charge on any atom is -0.377 e. The summed E-state index contributed by atoms with van der Waals surface area (Å²) in [6.45, 7) is 1.79. The second-order valence-electron chi connectivity index (χ2n) is 7.35. The summed E-state index contributed by atoms with van der Waals surface area (Å²) in [6.07, 6.45) is 3.13. The quantitative estimate of drug-likeness (QED) is 0.532. The van der Waals surface area contributed by atoms with Crippen molar-refractivity contribution in [3.8, 4) is 0 Å². The van der Waals surface area contributed by atoms with Crippen molar-refractivity contribution in [3.63, 3.8) is 0 Å². The van der Waals surface area contributed by atoms with Crippen LogP contribution in [0.1, 0.15) is 50.5 Å². The summed E-state index contributed by atoms with van der Waals surface area (Å²) >= 11 is 5.74. The van der Waals surface area contributed by atoms with E-state index in [1.165, 1.54) is 32.1 Å². The number of nitro benzene ring substituents is 1. The van der Waals surface area contributed by atoms with Crippen molar-refractivity contribution < 1.29 is 18.1 Å². The van der Waals surface area contributed by atoms with Crippen molar-refractivity contribution in [2.45, 2.75) is 63.2 Å². The third kappa shape index (κ3) is 4.85. The highest BCUT2D eigenvalue weighted by Gasteiger charge is 2.36. The van der Waals surface area contributed by atoms with Gasteiger partial charge in [0.15, 0.2) is 0 Å². The molecule has 0 unspecified atom stereocenters. The van der Waals surface area contributed by atoms with Gasteiger partial charge in [-0.15, -0.1) is 0 Å². The molecule has 150 valence electrons. The maximum atomic E-state index is 13.0. The molecule has 27 heavy (non-hydrogen) atoms. The molecule has 2 aliphatic rings. The summed E-state index contributed by atoms with van der Waals surface area (Å²) in [5.41, 5.74) is -1.73. The van der Waals surface area contributed by atoms with Crippen LogP contribution in [-0.2, 0) is 6.18 Å². The average Bonchev–Trinajstić information content (AvgIpc) is 2.62. The summed E-state index contributed by atoms with van der Waals surface area (Å²) in [5, 5.41) is 13.8. The summed E-state index contributed by atoms with van der Waals surface area (Å²) < 4.78 is 38.9. The van der Waals surface area contributed by atoms with Crippen LogP contribution in [0.25, 0.3) is 0 Å². The molecule has 0 bridgehead atoms. The Hall–Kier alpha value is -1.54. The predicted octanol–water partition coefficient (Wildman–Crippen LogP) is 5.48. The number of alkyl halides is 3. The van der Waals surface area contributed by atoms with Gasteiger partial charge < -0.3 is 10.2 Å². The number of nitro groups is 1. The van der Waals surface area contributed by atoms with Crippen LogP contribution in [0.2, 0.25) is 5.02 Å². The number of anilines is 1. The fourth-order valence-electron chi connectivity index (χ4n) is 4.12. The minimum absolute atomic E-state index is 0.0173. The molecular weight excluding hydrogens is 383 g/mol. The molecule has 1 N–H and O–H groups in total. The first kappa shape index (κ1) is 20.2. The number of benzene rings is 1. The summed E-state index contributed by atoms with van der Waals surface area (Å²) in [4.78, 5) is 12.9. The Morgan fingerprint density at radius 3 is 2.30 bits per heavy atom. The van der Waals surface area contributed by atoms with E-state index in [4.69, 9.17) is 11.6 Å². The Bertz CT molecular complexity index is 685. The molecule has 1 aromatic carbocycles. The maximum Gasteiger partial charge on any atom is 0.418 e. The lowest BCUT2D eigenvalue weighted by molar-refractivity contribution is -0.384. The van der Waals surface area contributed by atoms with Crippen molar-refractivity contribution in [1.29, 1.82) is 0 Å². The standard InChI is InChI=1S/C18H23ClF3N3O2/c19-15-11-16(17(25(26)27)10-14(15)18(20,21)22)23-12-6-8-24(9-7-12)13-4-2-1-3-5-13/h10-13,23H,1-9H2. The van der Waals surface area contributed by atoms with Crippen molar-refractivity contribution in [1.82, 2.24) is 4.90 Å². The zero-order valence-electron chi connectivity index (χ0n) is 14.9. The number of halogens is 4. The third-order valence-electron chi connectivity index (χ3n) is 5.57. The van der Waals surface area contributed by atoms with Crippen LogP contribution in [0, 0.1) is 10.1 Å². The molecule has 2 fully saturated rings. The molecular formula is C18H23ClF3N3O2. The first-order chi connectivity index (χ1) is 12.8. The van der Waals surface area contributed by atoms with Crippen molar-refractivity contribution >= 4 is 23.0 Å². The van der Waals surface area contributed by atoms with E-state index in [1.807, 2.05) is 0 Å². The molecule has 1 aliphatic heterocycles. The molecule has 0 aromatic heterocycles. The van der Waals surface area contributed by atoms with Crippen LogP contribution in [-0.4, -0.2) is 35.0 Å². The summed E-state index contributed by atoms with van der Waals surface area (Å²) in [7, 11) is 0. The summed E-state index contributed by atoms with van der Waals surface area (Å²) in [5.74, 6) is 0. The van der Waals surface area contributed by atoms with Gasteiger partial charge in [-0.1, -0.05) is 30.9 Å². The van der Waals surface area contributed by atoms with Crippen LogP contribution < -0.4 is 5.32 Å². The van der Waals surface area contributed by atoms with E-state index in [2.05, 4.69) is 10.2 Å². The van der Waals surface area contributed by atoms with Gasteiger partial charge in [-0.05, 0) is 31.7 Å². The smallest absolute Gasteiger partial charge is 0.377 e. The zero-order valence-corrected chi connectivity index (χ0v) is 15.7. The van der Waals surface area contributed by atoms with Crippen LogP contribution in [0.4, 0.5) is 24.5 Å². The lowest BCUT2D eigenvalue weighted by atomic mass is 9.92. The van der Waals surface area contributed by atoms with E-state index in [0.717, 1.165) is 32.0 Å². The Morgan fingerprint density at radius 2 is 1.74 bits per heavy atom. The molecule has 9 heteroatoms. The van der Waals surface area contributed by atoms with Crippen molar-refractivity contribution in [3.05, 3.63) is 32.8 Å². The van der Waals surface area contributed by atoms with Gasteiger partial charge in [0.2, 0.25) is 0 Å². The van der Waals surface area contributed by atoms with E-state index in [9.17, 15) is 23.3 Å². The van der Waals surface area contributed by atoms with Gasteiger partial charge in [0.1, 0.15) is 5.69 Å². The third-order valence-corrected chi connectivity index (χ3v) is 5.88. The number of likely N-dealkylation sites (tertiary alicyclic amines) is 1. The zero-order chi connectivity index (χ0) is 19.6. The predicted molar refractivity (Wildman–Crippen MR) is 98.2 cm³/mol. The molecule has 1 saturated heterocycles. The van der Waals surface area contributed by atoms with E-state index in [-0.39, 0.29) is 11.7 Å². The Morgan fingerprint density at radius 1 is 1.11 bits per heavy atom. The Balaban J connectivity index is 1.69. The topological polar surface area (TPSA) is 58.4 Å². The molecule has 5 nitrogen and oxygen atoms in total. The van der Waals surface area contributed by atoms with Crippen LogP contribution in [0.15, 0.2) is 12.1 Å². The van der Waals surface area contributed by atoms with Gasteiger partial charge in [0, 0.05) is 31.2 Å². The first-order valence-corrected chi connectivity index (χ1v) is 9.69. The molecule has 1 aromatic rings. The fraction of sp³-hybridized carbons (Fsp3) is 0.667. The molecule has 1 saturated carbocycles. The second-order valence-corrected chi connectivity index (χ2v) is 7.76. The van der Waals surface area contributed by atoms with Gasteiger partial charge >= 0.3 is 6.18 Å². The van der Waals surface area contributed by atoms with Crippen molar-refractivity contribution in [2.75, 3.05) is 18.4 Å². The fourth-order valence-corrected chi connectivity index (χ4v) is 4.39. The van der Waals surface area contributed by atoms with Crippen molar-refractivity contribution in [2.24, 2.45) is 0 Å². The summed E-state index contributed by atoms with van der Waals surface area (Å²) in [6, 6.07) is 2.14. The maximum absolute atomic E-state index is 13.0. The van der Waals surface area contributed by atoms with E-state index < -0.39 is 27.4 Å². The highest BCUT2D eigenvalue weighted by atomic mass is 35.5. The lowest BCUT2D eigenvalue weighted by Gasteiger charge is -2.39. The average molecular weight is 406 g/mol. The number of hydrogen-bond donors (Lipinski definition) is 1. The van der Waals surface area contributed by atoms with Gasteiger partial charge in [0.25, 0.3) is 5.69 Å². The SMILES string of the molecule is O=[N+]([O-])c1cc(C(F)(F)F)c(Cl)cc1NC1CCN(C2CCCCC2)CC1. The number of rotatable bonds is 4. The number of piperidine rings is 1. The highest BCUT2D eigenvalue weighted by Crippen LogP contribution is 2.40. The van der Waals surface area contributed by atoms with Crippen LogP contribution in [0.5, 0.6) is 0 Å². The molecule has 0 radical (unpaired) electrons. The van der Waals surface area contributed by atoms with E-state index >= 15 is 0 Å². The number of hydrogen-bond acceptors (Lipinski definition) is 4. The first-order valence-electron chi connectivity index (χ1n) is 9.31.